The molecule has 0 heterocycles. The van der Waals surface area contributed by atoms with Gasteiger partial charge < -0.3 is 10.1 Å². The first-order chi connectivity index (χ1) is 12.4. The van der Waals surface area contributed by atoms with Gasteiger partial charge in [0.05, 0.1) is 29.5 Å². The molecule has 0 aliphatic heterocycles. The fourth-order valence-electron chi connectivity index (χ4n) is 2.06. The normalized spacial score (nSPS) is 11.0. The number of nitrogens with one attached hydrogen (secondary N) is 1. The molecular formula is C18H12Cl2I2N2O2. The minimum Gasteiger partial charge on any atom is -0.492 e. The van der Waals surface area contributed by atoms with Crippen LogP contribution in [-0.2, 0) is 4.79 Å². The highest BCUT2D eigenvalue weighted by atomic mass is 127. The minimum absolute atomic E-state index is 0.0586. The van der Waals surface area contributed by atoms with Crippen LogP contribution in [0.1, 0.15) is 12.5 Å². The van der Waals surface area contributed by atoms with Gasteiger partial charge in [-0.3, -0.25) is 4.79 Å². The number of para-hydroxylation sites is 1. The summed E-state index contributed by atoms with van der Waals surface area (Å²) in [4.78, 5) is 12.4. The van der Waals surface area contributed by atoms with Crippen LogP contribution < -0.4 is 10.1 Å². The summed E-state index contributed by atoms with van der Waals surface area (Å²) in [7, 11) is 0. The maximum atomic E-state index is 12.4. The Balaban J connectivity index is 2.33. The Hall–Kier alpha value is -1.02. The van der Waals surface area contributed by atoms with E-state index in [1.54, 1.807) is 18.2 Å². The number of hydrogen-bond donors (Lipinski definition) is 1. The van der Waals surface area contributed by atoms with Crippen LogP contribution in [0.5, 0.6) is 5.75 Å². The highest BCUT2D eigenvalue weighted by Gasteiger charge is 2.15. The van der Waals surface area contributed by atoms with Crippen LogP contribution in [0.4, 0.5) is 5.69 Å². The van der Waals surface area contributed by atoms with Crippen LogP contribution in [0, 0.1) is 18.5 Å². The van der Waals surface area contributed by atoms with Gasteiger partial charge in [0.2, 0.25) is 0 Å². The van der Waals surface area contributed by atoms with Crippen molar-refractivity contribution in [3.8, 4) is 11.8 Å². The van der Waals surface area contributed by atoms with Gasteiger partial charge >= 0.3 is 0 Å². The largest absolute Gasteiger partial charge is 0.492 e. The van der Waals surface area contributed by atoms with Gasteiger partial charge in [0.15, 0.2) is 0 Å². The molecule has 2 aromatic carbocycles. The second-order valence-electron chi connectivity index (χ2n) is 4.97. The first-order valence-corrected chi connectivity index (χ1v) is 10.3. The van der Waals surface area contributed by atoms with E-state index in [1.807, 2.05) is 25.1 Å². The van der Waals surface area contributed by atoms with Crippen molar-refractivity contribution in [2.75, 3.05) is 11.9 Å². The second kappa shape index (κ2) is 9.78. The molecule has 0 radical (unpaired) electrons. The summed E-state index contributed by atoms with van der Waals surface area (Å²) in [6, 6.07) is 10.5. The molecule has 8 heteroatoms. The highest BCUT2D eigenvalue weighted by Crippen LogP contribution is 2.31. The fourth-order valence-corrected chi connectivity index (χ4v) is 4.68. The Morgan fingerprint density at radius 2 is 1.85 bits per heavy atom. The van der Waals surface area contributed by atoms with E-state index in [2.05, 4.69) is 50.5 Å². The van der Waals surface area contributed by atoms with Crippen LogP contribution in [-0.4, -0.2) is 12.5 Å². The Morgan fingerprint density at radius 1 is 1.27 bits per heavy atom. The van der Waals surface area contributed by atoms with Crippen LogP contribution in [0.25, 0.3) is 6.08 Å². The first kappa shape index (κ1) is 21.3. The summed E-state index contributed by atoms with van der Waals surface area (Å²) in [5, 5.41) is 12.6. The number of nitriles is 1. The van der Waals surface area contributed by atoms with Crippen LogP contribution >= 0.6 is 68.4 Å². The van der Waals surface area contributed by atoms with Gasteiger partial charge in [0.25, 0.3) is 5.91 Å². The molecule has 2 aromatic rings. The summed E-state index contributed by atoms with van der Waals surface area (Å²) in [6.45, 7) is 2.48. The third kappa shape index (κ3) is 5.25. The number of anilines is 1. The van der Waals surface area contributed by atoms with Crippen molar-refractivity contribution in [1.29, 1.82) is 5.26 Å². The quantitative estimate of drug-likeness (QED) is 0.250. The second-order valence-corrected chi connectivity index (χ2v) is 8.11. The standard InChI is InChI=1S/C18H12Cl2I2N2O2/c1-2-26-17-14(21)7-10(8-15(17)22)6-11(9-23)18(25)24-16-12(19)4-3-5-13(16)20/h3-8H,2H2,1H3,(H,24,25)/b11-6+. The monoisotopic (exact) mass is 612 g/mol. The lowest BCUT2D eigenvalue weighted by Gasteiger charge is -2.10. The first-order valence-electron chi connectivity index (χ1n) is 7.36. The highest BCUT2D eigenvalue weighted by molar-refractivity contribution is 14.1. The predicted octanol–water partition coefficient (Wildman–Crippen LogP) is 6.15. The van der Waals surface area contributed by atoms with E-state index >= 15 is 0 Å². The summed E-state index contributed by atoms with van der Waals surface area (Å²) in [5.74, 6) is 0.207. The molecule has 1 N–H and O–H groups in total. The average molecular weight is 613 g/mol. The lowest BCUT2D eigenvalue weighted by molar-refractivity contribution is -0.112. The third-order valence-electron chi connectivity index (χ3n) is 3.19. The Morgan fingerprint density at radius 3 is 2.35 bits per heavy atom. The molecular weight excluding hydrogens is 601 g/mol. The average Bonchev–Trinajstić information content (AvgIpc) is 2.59. The molecule has 0 bridgehead atoms. The molecule has 0 spiro atoms. The summed E-state index contributed by atoms with van der Waals surface area (Å²) in [6.07, 6.45) is 1.51. The van der Waals surface area contributed by atoms with Gasteiger partial charge in [0.1, 0.15) is 17.4 Å². The summed E-state index contributed by atoms with van der Waals surface area (Å²) in [5.41, 5.74) is 0.939. The molecule has 0 saturated heterocycles. The van der Waals surface area contributed by atoms with Gasteiger partial charge in [-0.25, -0.2) is 0 Å². The lowest BCUT2D eigenvalue weighted by Crippen LogP contribution is -2.14. The predicted molar refractivity (Wildman–Crippen MR) is 122 cm³/mol. The minimum atomic E-state index is -0.582. The zero-order valence-electron chi connectivity index (χ0n) is 13.4. The Kier molecular flexibility index (Phi) is 8.01. The van der Waals surface area contributed by atoms with Crippen LogP contribution in [0.3, 0.4) is 0 Å². The summed E-state index contributed by atoms with van der Waals surface area (Å²) >= 11 is 16.4. The number of halogens is 4. The van der Waals surface area contributed by atoms with Gasteiger partial charge in [0, 0.05) is 0 Å². The van der Waals surface area contributed by atoms with E-state index < -0.39 is 5.91 Å². The van der Waals surface area contributed by atoms with Crippen molar-refractivity contribution in [2.45, 2.75) is 6.92 Å². The van der Waals surface area contributed by atoms with Gasteiger partial charge in [-0.05, 0) is 88.0 Å². The maximum absolute atomic E-state index is 12.4. The molecule has 26 heavy (non-hydrogen) atoms. The zero-order chi connectivity index (χ0) is 19.3. The van der Waals surface area contributed by atoms with Gasteiger partial charge in [-0.1, -0.05) is 29.3 Å². The van der Waals surface area contributed by atoms with Gasteiger partial charge in [-0.15, -0.1) is 0 Å². The zero-order valence-corrected chi connectivity index (χ0v) is 19.3. The van der Waals surface area contributed by atoms with E-state index in [-0.39, 0.29) is 11.3 Å². The molecule has 2 rings (SSSR count). The molecule has 0 saturated carbocycles. The van der Waals surface area contributed by atoms with E-state index in [4.69, 9.17) is 27.9 Å². The smallest absolute Gasteiger partial charge is 0.266 e. The van der Waals surface area contributed by atoms with Crippen molar-refractivity contribution in [3.63, 3.8) is 0 Å². The van der Waals surface area contributed by atoms with Crippen molar-refractivity contribution >= 4 is 86.1 Å². The Bertz CT molecular complexity index is 881. The number of benzene rings is 2. The number of carbonyl (C=O) groups is 1. The van der Waals surface area contributed by atoms with E-state index in [1.165, 1.54) is 6.08 Å². The lowest BCUT2D eigenvalue weighted by atomic mass is 10.1. The topological polar surface area (TPSA) is 62.1 Å². The van der Waals surface area contributed by atoms with E-state index in [0.717, 1.165) is 18.5 Å². The molecule has 0 atom stereocenters. The molecule has 1 amide bonds. The molecule has 0 fully saturated rings. The number of hydrogen-bond acceptors (Lipinski definition) is 3. The van der Waals surface area contributed by atoms with Crippen molar-refractivity contribution in [1.82, 2.24) is 0 Å². The third-order valence-corrected chi connectivity index (χ3v) is 5.42. The molecule has 4 nitrogen and oxygen atoms in total. The molecule has 0 aliphatic carbocycles. The fraction of sp³-hybridized carbons (Fsp3) is 0.111. The number of amides is 1. The van der Waals surface area contributed by atoms with E-state index in [9.17, 15) is 10.1 Å². The van der Waals surface area contributed by atoms with Crippen molar-refractivity contribution < 1.29 is 9.53 Å². The van der Waals surface area contributed by atoms with E-state index in [0.29, 0.717) is 16.7 Å². The molecule has 134 valence electrons. The number of carbonyl (C=O) groups excluding carboxylic acids is 1. The van der Waals surface area contributed by atoms with Crippen molar-refractivity contribution in [3.05, 3.63) is 58.7 Å². The van der Waals surface area contributed by atoms with Crippen LogP contribution in [0.2, 0.25) is 10.0 Å². The maximum Gasteiger partial charge on any atom is 0.266 e. The van der Waals surface area contributed by atoms with Crippen molar-refractivity contribution in [2.24, 2.45) is 0 Å². The molecule has 0 aliphatic rings. The Labute approximate surface area is 188 Å². The number of ether oxygens (including phenoxy) is 1. The summed E-state index contributed by atoms with van der Waals surface area (Å²) < 4.78 is 7.39. The van der Waals surface area contributed by atoms with Crippen LogP contribution in [0.15, 0.2) is 35.9 Å². The number of nitrogens with zero attached hydrogens (tertiary/aromatic N) is 1. The number of rotatable bonds is 5. The molecule has 0 unspecified atom stereocenters. The molecule has 0 aromatic heterocycles. The van der Waals surface area contributed by atoms with Gasteiger partial charge in [-0.2, -0.15) is 5.26 Å². The SMILES string of the molecule is CCOc1c(I)cc(/C=C(\C#N)C(=O)Nc2c(Cl)cccc2Cl)cc1I.